The van der Waals surface area contributed by atoms with Gasteiger partial charge in [0.05, 0.1) is 25.5 Å². The summed E-state index contributed by atoms with van der Waals surface area (Å²) in [7, 11) is 2.87. The van der Waals surface area contributed by atoms with E-state index in [1.54, 1.807) is 23.0 Å². The lowest BCUT2D eigenvalue weighted by Gasteiger charge is -2.13. The van der Waals surface area contributed by atoms with Crippen molar-refractivity contribution in [3.8, 4) is 17.3 Å². The fourth-order valence-electron chi connectivity index (χ4n) is 1.94. The summed E-state index contributed by atoms with van der Waals surface area (Å²) in [5, 5.41) is 4.26. The van der Waals surface area contributed by atoms with Crippen molar-refractivity contribution in [2.45, 2.75) is 19.9 Å². The molecule has 0 saturated heterocycles. The Hall–Kier alpha value is -2.37. The molecule has 106 valence electrons. The summed E-state index contributed by atoms with van der Waals surface area (Å²) in [5.41, 5.74) is 1.64. The zero-order chi connectivity index (χ0) is 14.7. The lowest BCUT2D eigenvalue weighted by Crippen LogP contribution is -2.10. The van der Waals surface area contributed by atoms with Crippen LogP contribution in [-0.4, -0.2) is 35.0 Å². The molecule has 0 saturated carbocycles. The molecule has 0 atom stereocenters. The Balaban J connectivity index is 2.63. The molecule has 0 bridgehead atoms. The van der Waals surface area contributed by atoms with Crippen LogP contribution in [0.5, 0.6) is 5.88 Å². The van der Waals surface area contributed by atoms with Gasteiger partial charge in [0, 0.05) is 18.3 Å². The summed E-state index contributed by atoms with van der Waals surface area (Å²) in [6, 6.07) is 5.24. The fourth-order valence-corrected chi connectivity index (χ4v) is 1.94. The van der Waals surface area contributed by atoms with Crippen LogP contribution in [0.1, 0.15) is 30.2 Å². The van der Waals surface area contributed by atoms with E-state index in [9.17, 15) is 4.79 Å². The largest absolute Gasteiger partial charge is 0.481 e. The summed E-state index contributed by atoms with van der Waals surface area (Å²) >= 11 is 0. The minimum atomic E-state index is -0.438. The van der Waals surface area contributed by atoms with Gasteiger partial charge in [0.15, 0.2) is 0 Å². The van der Waals surface area contributed by atoms with Gasteiger partial charge in [-0.1, -0.05) is 0 Å². The van der Waals surface area contributed by atoms with Gasteiger partial charge in [0.2, 0.25) is 5.88 Å². The van der Waals surface area contributed by atoms with Crippen LogP contribution in [0.15, 0.2) is 24.4 Å². The highest BCUT2D eigenvalue weighted by atomic mass is 16.5. The lowest BCUT2D eigenvalue weighted by atomic mass is 10.1. The Morgan fingerprint density at radius 3 is 2.60 bits per heavy atom. The quantitative estimate of drug-likeness (QED) is 0.801. The second-order valence-electron chi connectivity index (χ2n) is 4.50. The summed E-state index contributed by atoms with van der Waals surface area (Å²) < 4.78 is 11.7. The number of aromatic nitrogens is 3. The monoisotopic (exact) mass is 275 g/mol. The van der Waals surface area contributed by atoms with E-state index in [-0.39, 0.29) is 6.04 Å². The molecule has 0 spiro atoms. The van der Waals surface area contributed by atoms with E-state index < -0.39 is 5.97 Å². The number of carbonyl (C=O) groups excluding carboxylic acids is 1. The molecule has 0 fully saturated rings. The zero-order valence-electron chi connectivity index (χ0n) is 12.0. The van der Waals surface area contributed by atoms with Crippen molar-refractivity contribution < 1.29 is 14.3 Å². The third-order valence-corrected chi connectivity index (χ3v) is 2.89. The number of methoxy groups -OCH3 is 2. The van der Waals surface area contributed by atoms with Gasteiger partial charge in [-0.2, -0.15) is 5.10 Å². The topological polar surface area (TPSA) is 66.2 Å². The van der Waals surface area contributed by atoms with Crippen LogP contribution in [0.25, 0.3) is 11.4 Å². The smallest absolute Gasteiger partial charge is 0.340 e. The van der Waals surface area contributed by atoms with E-state index in [0.29, 0.717) is 17.1 Å². The molecule has 6 heteroatoms. The molecule has 2 aromatic heterocycles. The van der Waals surface area contributed by atoms with E-state index in [1.165, 1.54) is 14.2 Å². The van der Waals surface area contributed by atoms with Crippen molar-refractivity contribution in [1.29, 1.82) is 0 Å². The van der Waals surface area contributed by atoms with E-state index >= 15 is 0 Å². The molecule has 20 heavy (non-hydrogen) atoms. The maximum Gasteiger partial charge on any atom is 0.340 e. The summed E-state index contributed by atoms with van der Waals surface area (Å²) in [5.74, 6) is -0.00387. The van der Waals surface area contributed by atoms with E-state index in [1.807, 2.05) is 19.9 Å². The lowest BCUT2D eigenvalue weighted by molar-refractivity contribution is 0.0601. The molecule has 2 rings (SSSR count). The number of carbonyl (C=O) groups is 1. The van der Waals surface area contributed by atoms with Crippen LogP contribution in [0.4, 0.5) is 0 Å². The number of ether oxygens (including phenoxy) is 2. The van der Waals surface area contributed by atoms with Crippen molar-refractivity contribution in [3.05, 3.63) is 30.0 Å². The van der Waals surface area contributed by atoms with E-state index in [4.69, 9.17) is 9.47 Å². The molecule has 6 nitrogen and oxygen atoms in total. The molecule has 2 aromatic rings. The first-order valence-electron chi connectivity index (χ1n) is 6.25. The Kier molecular flexibility index (Phi) is 4.02. The molecule has 0 unspecified atom stereocenters. The minimum absolute atomic E-state index is 0.151. The highest BCUT2D eigenvalue weighted by molar-refractivity contribution is 5.95. The predicted octanol–water partition coefficient (Wildman–Crippen LogP) is 2.32. The first-order chi connectivity index (χ1) is 9.58. The van der Waals surface area contributed by atoms with Crippen LogP contribution >= 0.6 is 0 Å². The standard InChI is InChI=1S/C14H17N3O3/c1-9(2)17-11(7-8-15-17)13-10(14(18)20-4)5-6-12(16-13)19-3/h5-9H,1-4H3. The molecular weight excluding hydrogens is 258 g/mol. The maximum absolute atomic E-state index is 11.9. The van der Waals surface area contributed by atoms with Gasteiger partial charge in [0.25, 0.3) is 0 Å². The molecule has 0 aliphatic rings. The molecule has 0 aliphatic heterocycles. The third kappa shape index (κ3) is 2.49. The number of esters is 1. The molecule has 0 N–H and O–H groups in total. The molecular formula is C14H17N3O3. The third-order valence-electron chi connectivity index (χ3n) is 2.89. The zero-order valence-corrected chi connectivity index (χ0v) is 12.0. The van der Waals surface area contributed by atoms with E-state index in [0.717, 1.165) is 5.69 Å². The van der Waals surface area contributed by atoms with Gasteiger partial charge in [-0.25, -0.2) is 9.78 Å². The van der Waals surface area contributed by atoms with Crippen molar-refractivity contribution in [2.75, 3.05) is 14.2 Å². The highest BCUT2D eigenvalue weighted by Crippen LogP contribution is 2.26. The predicted molar refractivity (Wildman–Crippen MR) is 73.7 cm³/mol. The minimum Gasteiger partial charge on any atom is -0.481 e. The molecule has 0 aromatic carbocycles. The summed E-state index contributed by atoms with van der Waals surface area (Å²) in [6.45, 7) is 4.02. The molecule has 2 heterocycles. The Morgan fingerprint density at radius 2 is 2.00 bits per heavy atom. The maximum atomic E-state index is 11.9. The second-order valence-corrected chi connectivity index (χ2v) is 4.50. The normalized spacial score (nSPS) is 10.7. The average Bonchev–Trinajstić information content (AvgIpc) is 2.95. The summed E-state index contributed by atoms with van der Waals surface area (Å²) in [4.78, 5) is 16.2. The van der Waals surface area contributed by atoms with E-state index in [2.05, 4.69) is 10.1 Å². The summed E-state index contributed by atoms with van der Waals surface area (Å²) in [6.07, 6.45) is 1.68. The Labute approximate surface area is 117 Å². The van der Waals surface area contributed by atoms with Crippen LogP contribution < -0.4 is 4.74 Å². The Bertz CT molecular complexity index is 620. The Morgan fingerprint density at radius 1 is 1.25 bits per heavy atom. The van der Waals surface area contributed by atoms with Gasteiger partial charge >= 0.3 is 5.97 Å². The SMILES string of the molecule is COC(=O)c1ccc(OC)nc1-c1ccnn1C(C)C. The van der Waals surface area contributed by atoms with Crippen LogP contribution in [-0.2, 0) is 4.74 Å². The molecule has 0 radical (unpaired) electrons. The van der Waals surface area contributed by atoms with Gasteiger partial charge in [-0.15, -0.1) is 0 Å². The molecule has 0 aliphatic carbocycles. The molecule has 0 amide bonds. The van der Waals surface area contributed by atoms with Crippen LogP contribution in [0.2, 0.25) is 0 Å². The van der Waals surface area contributed by atoms with Gasteiger partial charge < -0.3 is 9.47 Å². The highest BCUT2D eigenvalue weighted by Gasteiger charge is 2.19. The van der Waals surface area contributed by atoms with Gasteiger partial charge in [-0.05, 0) is 26.0 Å². The average molecular weight is 275 g/mol. The number of pyridine rings is 1. The second kappa shape index (κ2) is 5.73. The number of nitrogens with zero attached hydrogens (tertiary/aromatic N) is 3. The number of rotatable bonds is 4. The van der Waals surface area contributed by atoms with Crippen LogP contribution in [0, 0.1) is 0 Å². The first-order valence-corrected chi connectivity index (χ1v) is 6.25. The number of hydrogen-bond donors (Lipinski definition) is 0. The van der Waals surface area contributed by atoms with Crippen molar-refractivity contribution in [1.82, 2.24) is 14.8 Å². The van der Waals surface area contributed by atoms with Crippen LogP contribution in [0.3, 0.4) is 0 Å². The fraction of sp³-hybridized carbons (Fsp3) is 0.357. The van der Waals surface area contributed by atoms with Crippen molar-refractivity contribution in [3.63, 3.8) is 0 Å². The first kappa shape index (κ1) is 14.0. The van der Waals surface area contributed by atoms with Gasteiger partial charge in [-0.3, -0.25) is 4.68 Å². The van der Waals surface area contributed by atoms with Gasteiger partial charge in [0.1, 0.15) is 5.69 Å². The van der Waals surface area contributed by atoms with Crippen molar-refractivity contribution >= 4 is 5.97 Å². The number of hydrogen-bond acceptors (Lipinski definition) is 5. The van der Waals surface area contributed by atoms with Crippen molar-refractivity contribution in [2.24, 2.45) is 0 Å².